The zero-order valence-corrected chi connectivity index (χ0v) is 8.53. The van der Waals surface area contributed by atoms with Gasteiger partial charge in [0.15, 0.2) is 0 Å². The summed E-state index contributed by atoms with van der Waals surface area (Å²) in [4.78, 5) is 0. The van der Waals surface area contributed by atoms with Gasteiger partial charge >= 0.3 is 0 Å². The summed E-state index contributed by atoms with van der Waals surface area (Å²) in [6.45, 7) is 1.14. The molecule has 0 saturated heterocycles. The highest BCUT2D eigenvalue weighted by molar-refractivity contribution is 5.78. The van der Waals surface area contributed by atoms with Crippen LogP contribution < -0.4 is 5.73 Å². The largest absolute Gasteiger partial charge is 0.507 e. The number of benzene rings is 1. The van der Waals surface area contributed by atoms with E-state index in [9.17, 15) is 5.11 Å². The van der Waals surface area contributed by atoms with E-state index in [1.54, 1.807) is 12.3 Å². The van der Waals surface area contributed by atoms with Gasteiger partial charge in [0.2, 0.25) is 0 Å². The van der Waals surface area contributed by atoms with E-state index in [0.717, 1.165) is 11.1 Å². The second-order valence-electron chi connectivity index (χ2n) is 3.83. The number of phenols is 1. The van der Waals surface area contributed by atoms with Gasteiger partial charge in [0.05, 0.1) is 19.4 Å². The van der Waals surface area contributed by atoms with Gasteiger partial charge in [0, 0.05) is 11.1 Å². The van der Waals surface area contributed by atoms with Crippen molar-refractivity contribution in [1.82, 2.24) is 10.2 Å². The molecule has 0 fully saturated rings. The fourth-order valence-corrected chi connectivity index (χ4v) is 1.94. The molecule has 0 atom stereocenters. The lowest BCUT2D eigenvalue weighted by Crippen LogP contribution is -1.90. The first-order valence-electron chi connectivity index (χ1n) is 4.97. The third-order valence-corrected chi connectivity index (χ3v) is 2.79. The van der Waals surface area contributed by atoms with E-state index in [1.165, 1.54) is 0 Å². The number of hydrogen-bond acceptors (Lipinski definition) is 4. The maximum absolute atomic E-state index is 9.92. The second-order valence-corrected chi connectivity index (χ2v) is 3.83. The Kier molecular flexibility index (Phi) is 1.87. The molecule has 0 bridgehead atoms. The van der Waals surface area contributed by atoms with Gasteiger partial charge in [0.25, 0.3) is 0 Å². The SMILES string of the molecule is Nc1[nH]ncc1-c1cc2c(cc1O)COC2. The summed E-state index contributed by atoms with van der Waals surface area (Å²) in [5, 5.41) is 16.4. The minimum absolute atomic E-state index is 0.206. The van der Waals surface area contributed by atoms with Crippen molar-refractivity contribution in [1.29, 1.82) is 0 Å². The predicted molar refractivity (Wildman–Crippen MR) is 58.6 cm³/mol. The van der Waals surface area contributed by atoms with Crippen molar-refractivity contribution in [2.75, 3.05) is 5.73 Å². The molecule has 2 heterocycles. The number of nitrogens with two attached hydrogens (primary N) is 1. The first-order chi connectivity index (χ1) is 7.75. The Hall–Kier alpha value is -2.01. The molecule has 4 N–H and O–H groups in total. The first-order valence-corrected chi connectivity index (χ1v) is 4.97. The fraction of sp³-hybridized carbons (Fsp3) is 0.182. The summed E-state index contributed by atoms with van der Waals surface area (Å²) < 4.78 is 5.31. The van der Waals surface area contributed by atoms with E-state index < -0.39 is 0 Å². The molecule has 1 aliphatic rings. The Morgan fingerprint density at radius 2 is 2.00 bits per heavy atom. The molecular weight excluding hydrogens is 206 g/mol. The van der Waals surface area contributed by atoms with Crippen LogP contribution in [0.1, 0.15) is 11.1 Å². The van der Waals surface area contributed by atoms with E-state index in [-0.39, 0.29) is 5.75 Å². The van der Waals surface area contributed by atoms with Crippen molar-refractivity contribution in [3.8, 4) is 16.9 Å². The van der Waals surface area contributed by atoms with E-state index >= 15 is 0 Å². The summed E-state index contributed by atoms with van der Waals surface area (Å²) in [5.74, 6) is 0.659. The van der Waals surface area contributed by atoms with E-state index in [2.05, 4.69) is 10.2 Å². The number of nitrogen functional groups attached to an aromatic ring is 1. The summed E-state index contributed by atoms with van der Waals surface area (Å²) in [7, 11) is 0. The van der Waals surface area contributed by atoms with Crippen molar-refractivity contribution in [3.05, 3.63) is 29.5 Å². The first kappa shape index (κ1) is 9.23. The number of ether oxygens (including phenoxy) is 1. The van der Waals surface area contributed by atoms with Crippen LogP contribution in [0.4, 0.5) is 5.82 Å². The normalized spacial score (nSPS) is 14.0. The van der Waals surface area contributed by atoms with Gasteiger partial charge in [-0.1, -0.05) is 0 Å². The predicted octanol–water partition coefficient (Wildman–Crippen LogP) is 1.39. The molecule has 1 aliphatic heterocycles. The summed E-state index contributed by atoms with van der Waals surface area (Å²) in [6.07, 6.45) is 1.60. The number of hydrogen-bond donors (Lipinski definition) is 3. The molecule has 0 spiro atoms. The van der Waals surface area contributed by atoms with Crippen molar-refractivity contribution in [2.24, 2.45) is 0 Å². The summed E-state index contributed by atoms with van der Waals surface area (Å²) in [6, 6.07) is 3.63. The third kappa shape index (κ3) is 1.25. The van der Waals surface area contributed by atoms with Gasteiger partial charge in [-0.3, -0.25) is 5.10 Å². The molecule has 0 aliphatic carbocycles. The van der Waals surface area contributed by atoms with E-state index in [0.29, 0.717) is 30.2 Å². The number of H-pyrrole nitrogens is 1. The van der Waals surface area contributed by atoms with Crippen LogP contribution in [-0.2, 0) is 18.0 Å². The number of rotatable bonds is 1. The van der Waals surface area contributed by atoms with Crippen molar-refractivity contribution < 1.29 is 9.84 Å². The minimum Gasteiger partial charge on any atom is -0.507 e. The highest BCUT2D eigenvalue weighted by atomic mass is 16.5. The lowest BCUT2D eigenvalue weighted by molar-refractivity contribution is 0.134. The number of fused-ring (bicyclic) bond motifs is 1. The molecule has 0 saturated carbocycles. The minimum atomic E-state index is 0.206. The number of aromatic hydroxyl groups is 1. The Balaban J connectivity index is 2.18. The average molecular weight is 217 g/mol. The molecule has 0 amide bonds. The Morgan fingerprint density at radius 3 is 2.69 bits per heavy atom. The van der Waals surface area contributed by atoms with Crippen molar-refractivity contribution in [2.45, 2.75) is 13.2 Å². The molecule has 1 aromatic heterocycles. The molecule has 5 nitrogen and oxygen atoms in total. The highest BCUT2D eigenvalue weighted by Crippen LogP contribution is 2.36. The van der Waals surface area contributed by atoms with Gasteiger partial charge in [0.1, 0.15) is 11.6 Å². The average Bonchev–Trinajstić information content (AvgIpc) is 2.85. The van der Waals surface area contributed by atoms with Crippen LogP contribution >= 0.6 is 0 Å². The molecule has 2 aromatic rings. The van der Waals surface area contributed by atoms with Crippen LogP contribution in [0.3, 0.4) is 0 Å². The Morgan fingerprint density at radius 1 is 1.25 bits per heavy atom. The Bertz CT molecular complexity index is 548. The van der Waals surface area contributed by atoms with E-state index in [4.69, 9.17) is 10.5 Å². The summed E-state index contributed by atoms with van der Waals surface area (Å²) in [5.41, 5.74) is 9.25. The fourth-order valence-electron chi connectivity index (χ4n) is 1.94. The van der Waals surface area contributed by atoms with Crippen LogP contribution in [0.25, 0.3) is 11.1 Å². The van der Waals surface area contributed by atoms with Gasteiger partial charge in [-0.15, -0.1) is 0 Å². The van der Waals surface area contributed by atoms with Crippen LogP contribution in [0.15, 0.2) is 18.3 Å². The number of phenolic OH excluding ortho intramolecular Hbond substituents is 1. The smallest absolute Gasteiger partial charge is 0.126 e. The van der Waals surface area contributed by atoms with Crippen LogP contribution in [0, 0.1) is 0 Å². The van der Waals surface area contributed by atoms with Crippen molar-refractivity contribution >= 4 is 5.82 Å². The molecule has 82 valence electrons. The molecule has 0 radical (unpaired) electrons. The number of anilines is 1. The van der Waals surface area contributed by atoms with Crippen LogP contribution in [-0.4, -0.2) is 15.3 Å². The lowest BCUT2D eigenvalue weighted by Gasteiger charge is -2.06. The molecule has 16 heavy (non-hydrogen) atoms. The lowest BCUT2D eigenvalue weighted by atomic mass is 10.0. The van der Waals surface area contributed by atoms with Crippen LogP contribution in [0.5, 0.6) is 5.75 Å². The van der Waals surface area contributed by atoms with Crippen LogP contribution in [0.2, 0.25) is 0 Å². The molecule has 0 unspecified atom stereocenters. The number of aromatic amines is 1. The Labute approximate surface area is 91.9 Å². The van der Waals surface area contributed by atoms with Gasteiger partial charge in [-0.25, -0.2) is 0 Å². The number of nitrogens with one attached hydrogen (secondary N) is 1. The number of nitrogens with zero attached hydrogens (tertiary/aromatic N) is 1. The third-order valence-electron chi connectivity index (χ3n) is 2.79. The molecule has 5 heteroatoms. The highest BCUT2D eigenvalue weighted by Gasteiger charge is 2.17. The zero-order valence-electron chi connectivity index (χ0n) is 8.53. The number of aromatic nitrogens is 2. The topological polar surface area (TPSA) is 84.2 Å². The standard InChI is InChI=1S/C11H11N3O2/c12-11-9(3-13-14-11)8-1-6-4-16-5-7(6)2-10(8)15/h1-3,15H,4-5H2,(H3,12,13,14). The molecule has 1 aromatic carbocycles. The molecular formula is C11H11N3O2. The monoisotopic (exact) mass is 217 g/mol. The maximum atomic E-state index is 9.92. The van der Waals surface area contributed by atoms with Gasteiger partial charge in [-0.05, 0) is 23.3 Å². The second kappa shape index (κ2) is 3.24. The van der Waals surface area contributed by atoms with E-state index in [1.807, 2.05) is 6.07 Å². The van der Waals surface area contributed by atoms with Crippen molar-refractivity contribution in [3.63, 3.8) is 0 Å². The molecule has 3 rings (SSSR count). The summed E-state index contributed by atoms with van der Waals surface area (Å²) >= 11 is 0. The zero-order chi connectivity index (χ0) is 11.1. The quantitative estimate of drug-likeness (QED) is 0.674. The van der Waals surface area contributed by atoms with Gasteiger partial charge in [-0.2, -0.15) is 5.10 Å². The van der Waals surface area contributed by atoms with Gasteiger partial charge < -0.3 is 15.6 Å². The maximum Gasteiger partial charge on any atom is 0.126 e.